The number of furan rings is 1. The predicted molar refractivity (Wildman–Crippen MR) is 77.5 cm³/mol. The zero-order chi connectivity index (χ0) is 14.6. The number of ether oxygens (including phenoxy) is 1. The van der Waals surface area contributed by atoms with Crippen molar-refractivity contribution < 1.29 is 9.15 Å². The molecule has 0 aliphatic rings. The van der Waals surface area contributed by atoms with E-state index in [9.17, 15) is 0 Å². The largest absolute Gasteiger partial charge is 0.485 e. The van der Waals surface area contributed by atoms with Crippen LogP contribution in [0.15, 0.2) is 29.1 Å². The van der Waals surface area contributed by atoms with Crippen LogP contribution >= 0.6 is 0 Å². The SMILES string of the molecule is CCn1cc(OCc2ccoc2CNC(C)(C)C)cn1. The topological polar surface area (TPSA) is 52.2 Å². The van der Waals surface area contributed by atoms with E-state index < -0.39 is 0 Å². The lowest BCUT2D eigenvalue weighted by Crippen LogP contribution is -2.35. The maximum absolute atomic E-state index is 5.73. The molecule has 5 nitrogen and oxygen atoms in total. The van der Waals surface area contributed by atoms with Gasteiger partial charge in [0.2, 0.25) is 0 Å². The van der Waals surface area contributed by atoms with Crippen molar-refractivity contribution in [1.29, 1.82) is 0 Å². The molecule has 0 saturated heterocycles. The molecule has 0 saturated carbocycles. The highest BCUT2D eigenvalue weighted by molar-refractivity contribution is 5.18. The molecule has 5 heteroatoms. The van der Waals surface area contributed by atoms with Crippen molar-refractivity contribution in [1.82, 2.24) is 15.1 Å². The molecule has 0 radical (unpaired) electrons. The first-order chi connectivity index (χ1) is 9.48. The standard InChI is InChI=1S/C15H23N3O2/c1-5-18-10-13(8-17-18)20-11-12-6-7-19-14(12)9-16-15(2,3)4/h6-8,10,16H,5,9,11H2,1-4H3. The molecule has 2 heterocycles. The lowest BCUT2D eigenvalue weighted by molar-refractivity contribution is 0.298. The second-order valence-corrected chi connectivity index (χ2v) is 5.79. The molecule has 0 aliphatic heterocycles. The van der Waals surface area contributed by atoms with Gasteiger partial charge in [-0.05, 0) is 33.8 Å². The van der Waals surface area contributed by atoms with Gasteiger partial charge in [0.25, 0.3) is 0 Å². The first-order valence-electron chi connectivity index (χ1n) is 6.93. The van der Waals surface area contributed by atoms with E-state index in [0.29, 0.717) is 13.2 Å². The van der Waals surface area contributed by atoms with E-state index in [1.807, 2.05) is 23.9 Å². The summed E-state index contributed by atoms with van der Waals surface area (Å²) in [6, 6.07) is 1.95. The maximum atomic E-state index is 5.73. The molecule has 0 amide bonds. The van der Waals surface area contributed by atoms with E-state index >= 15 is 0 Å². The molecule has 0 unspecified atom stereocenters. The maximum Gasteiger partial charge on any atom is 0.157 e. The summed E-state index contributed by atoms with van der Waals surface area (Å²) in [5.41, 5.74) is 1.12. The summed E-state index contributed by atoms with van der Waals surface area (Å²) in [6.07, 6.45) is 5.33. The fourth-order valence-electron chi connectivity index (χ4n) is 1.75. The first kappa shape index (κ1) is 14.7. The first-order valence-corrected chi connectivity index (χ1v) is 6.93. The molecular weight excluding hydrogens is 254 g/mol. The Morgan fingerprint density at radius 2 is 2.20 bits per heavy atom. The van der Waals surface area contributed by atoms with Crippen molar-refractivity contribution in [3.8, 4) is 5.75 Å². The minimum Gasteiger partial charge on any atom is -0.485 e. The molecule has 0 aliphatic carbocycles. The van der Waals surface area contributed by atoms with Crippen molar-refractivity contribution in [3.63, 3.8) is 0 Å². The summed E-state index contributed by atoms with van der Waals surface area (Å²) in [5.74, 6) is 1.70. The highest BCUT2D eigenvalue weighted by Gasteiger charge is 2.13. The van der Waals surface area contributed by atoms with Crippen molar-refractivity contribution in [3.05, 3.63) is 36.0 Å². The van der Waals surface area contributed by atoms with Crippen LogP contribution in [0, 0.1) is 0 Å². The van der Waals surface area contributed by atoms with E-state index in [-0.39, 0.29) is 5.54 Å². The van der Waals surface area contributed by atoms with Gasteiger partial charge in [0, 0.05) is 17.6 Å². The third-order valence-electron chi connectivity index (χ3n) is 2.94. The van der Waals surface area contributed by atoms with Crippen LogP contribution in [0.5, 0.6) is 5.75 Å². The van der Waals surface area contributed by atoms with Crippen LogP contribution in [-0.4, -0.2) is 15.3 Å². The van der Waals surface area contributed by atoms with Gasteiger partial charge in [-0.3, -0.25) is 4.68 Å². The van der Waals surface area contributed by atoms with Crippen LogP contribution in [-0.2, 0) is 19.7 Å². The van der Waals surface area contributed by atoms with Crippen LogP contribution in [0.25, 0.3) is 0 Å². The zero-order valence-corrected chi connectivity index (χ0v) is 12.6. The summed E-state index contributed by atoms with van der Waals surface area (Å²) in [7, 11) is 0. The van der Waals surface area contributed by atoms with Crippen LogP contribution in [0.1, 0.15) is 39.0 Å². The minimum atomic E-state index is 0.0627. The lowest BCUT2D eigenvalue weighted by Gasteiger charge is -2.20. The highest BCUT2D eigenvalue weighted by Crippen LogP contribution is 2.16. The highest BCUT2D eigenvalue weighted by atomic mass is 16.5. The van der Waals surface area contributed by atoms with Crippen LogP contribution in [0.3, 0.4) is 0 Å². The third-order valence-corrected chi connectivity index (χ3v) is 2.94. The molecule has 20 heavy (non-hydrogen) atoms. The van der Waals surface area contributed by atoms with Crippen LogP contribution in [0.4, 0.5) is 0 Å². The number of nitrogens with one attached hydrogen (secondary N) is 1. The summed E-state index contributed by atoms with van der Waals surface area (Å²) >= 11 is 0. The van der Waals surface area contributed by atoms with Crippen LogP contribution < -0.4 is 10.1 Å². The monoisotopic (exact) mass is 277 g/mol. The number of aryl methyl sites for hydroxylation is 1. The van der Waals surface area contributed by atoms with Gasteiger partial charge in [-0.2, -0.15) is 5.10 Å². The molecule has 0 fully saturated rings. The smallest absolute Gasteiger partial charge is 0.157 e. The van der Waals surface area contributed by atoms with Crippen molar-refractivity contribution >= 4 is 0 Å². The molecule has 0 aromatic carbocycles. The van der Waals surface area contributed by atoms with Gasteiger partial charge in [-0.15, -0.1) is 0 Å². The van der Waals surface area contributed by atoms with E-state index in [0.717, 1.165) is 23.6 Å². The molecule has 0 spiro atoms. The Kier molecular flexibility index (Phi) is 4.49. The van der Waals surface area contributed by atoms with E-state index in [1.165, 1.54) is 0 Å². The Bertz CT molecular complexity index is 537. The normalized spacial score (nSPS) is 11.8. The van der Waals surface area contributed by atoms with Crippen LogP contribution in [0.2, 0.25) is 0 Å². The van der Waals surface area contributed by atoms with Gasteiger partial charge in [-0.1, -0.05) is 0 Å². The molecular formula is C15H23N3O2. The fourth-order valence-corrected chi connectivity index (χ4v) is 1.75. The van der Waals surface area contributed by atoms with Crippen molar-refractivity contribution in [2.45, 2.75) is 52.9 Å². The van der Waals surface area contributed by atoms with Gasteiger partial charge in [0.15, 0.2) is 5.75 Å². The Morgan fingerprint density at radius 1 is 1.40 bits per heavy atom. The minimum absolute atomic E-state index is 0.0627. The molecule has 110 valence electrons. The Balaban J connectivity index is 1.91. The zero-order valence-electron chi connectivity index (χ0n) is 12.6. The third kappa shape index (κ3) is 4.13. The van der Waals surface area contributed by atoms with Gasteiger partial charge in [-0.25, -0.2) is 0 Å². The average molecular weight is 277 g/mol. The van der Waals surface area contributed by atoms with E-state index in [2.05, 4.69) is 31.2 Å². The molecule has 0 bridgehead atoms. The molecule has 0 atom stereocenters. The molecule has 2 aromatic heterocycles. The van der Waals surface area contributed by atoms with E-state index in [1.54, 1.807) is 12.5 Å². The number of hydrogen-bond acceptors (Lipinski definition) is 4. The molecule has 2 aromatic rings. The van der Waals surface area contributed by atoms with Gasteiger partial charge < -0.3 is 14.5 Å². The number of aromatic nitrogens is 2. The van der Waals surface area contributed by atoms with Gasteiger partial charge in [0.1, 0.15) is 12.4 Å². The molecule has 2 rings (SSSR count). The second-order valence-electron chi connectivity index (χ2n) is 5.79. The number of rotatable bonds is 6. The Hall–Kier alpha value is -1.75. The summed E-state index contributed by atoms with van der Waals surface area (Å²) in [6.45, 7) is 10.5. The quantitative estimate of drug-likeness (QED) is 0.882. The number of hydrogen-bond donors (Lipinski definition) is 1. The van der Waals surface area contributed by atoms with Crippen molar-refractivity contribution in [2.75, 3.05) is 0 Å². The number of nitrogens with zero attached hydrogens (tertiary/aromatic N) is 2. The summed E-state index contributed by atoms with van der Waals surface area (Å²) in [5, 5.41) is 7.59. The Labute approximate surface area is 119 Å². The average Bonchev–Trinajstić information content (AvgIpc) is 3.02. The second kappa shape index (κ2) is 6.13. The van der Waals surface area contributed by atoms with Gasteiger partial charge in [0.05, 0.1) is 25.2 Å². The Morgan fingerprint density at radius 3 is 2.85 bits per heavy atom. The van der Waals surface area contributed by atoms with E-state index in [4.69, 9.17) is 9.15 Å². The van der Waals surface area contributed by atoms with Crippen molar-refractivity contribution in [2.24, 2.45) is 0 Å². The predicted octanol–water partition coefficient (Wildman–Crippen LogP) is 2.96. The molecule has 1 N–H and O–H groups in total. The fraction of sp³-hybridized carbons (Fsp3) is 0.533. The lowest BCUT2D eigenvalue weighted by atomic mass is 10.1. The van der Waals surface area contributed by atoms with Gasteiger partial charge >= 0.3 is 0 Å². The summed E-state index contributed by atoms with van der Waals surface area (Å²) in [4.78, 5) is 0. The summed E-state index contributed by atoms with van der Waals surface area (Å²) < 4.78 is 13.1.